The highest BCUT2D eigenvalue weighted by molar-refractivity contribution is 5.81. The fraction of sp³-hybridized carbons (Fsp3) is 0.857. The van der Waals surface area contributed by atoms with E-state index in [4.69, 9.17) is 4.74 Å². The molecule has 1 amide bonds. The molecule has 1 heterocycles. The van der Waals surface area contributed by atoms with Gasteiger partial charge in [0.1, 0.15) is 5.60 Å². The Balaban J connectivity index is 2.31. The Morgan fingerprint density at radius 1 is 1.37 bits per heavy atom. The number of rotatable bonds is 4. The van der Waals surface area contributed by atoms with Gasteiger partial charge in [-0.25, -0.2) is 0 Å². The number of aliphatic hydroxyl groups is 1. The molecular formula is C14H25NO4. The molecule has 0 aromatic rings. The number of hydrogen-bond donors (Lipinski definition) is 1. The average molecular weight is 271 g/mol. The van der Waals surface area contributed by atoms with Gasteiger partial charge in [-0.15, -0.1) is 0 Å². The summed E-state index contributed by atoms with van der Waals surface area (Å²) in [6.07, 6.45) is 0.743. The quantitative estimate of drug-likeness (QED) is 0.784. The molecule has 0 radical (unpaired) electrons. The van der Waals surface area contributed by atoms with Crippen molar-refractivity contribution < 1.29 is 19.4 Å². The van der Waals surface area contributed by atoms with Gasteiger partial charge in [0.05, 0.1) is 12.5 Å². The van der Waals surface area contributed by atoms with Crippen LogP contribution in [-0.2, 0) is 14.3 Å². The first kappa shape index (κ1) is 16.0. The van der Waals surface area contributed by atoms with Crippen LogP contribution in [-0.4, -0.2) is 46.7 Å². The largest absolute Gasteiger partial charge is 0.460 e. The van der Waals surface area contributed by atoms with Gasteiger partial charge in [0.25, 0.3) is 0 Å². The molecule has 1 saturated heterocycles. The van der Waals surface area contributed by atoms with Crippen molar-refractivity contribution in [3.63, 3.8) is 0 Å². The van der Waals surface area contributed by atoms with Gasteiger partial charge in [0.15, 0.2) is 0 Å². The topological polar surface area (TPSA) is 66.8 Å². The minimum Gasteiger partial charge on any atom is -0.460 e. The predicted molar refractivity (Wildman–Crippen MR) is 71.4 cm³/mol. The van der Waals surface area contributed by atoms with Crippen LogP contribution < -0.4 is 0 Å². The Hall–Kier alpha value is -1.10. The number of nitrogens with zero attached hydrogens (tertiary/aromatic N) is 1. The van der Waals surface area contributed by atoms with Crippen molar-refractivity contribution in [2.75, 3.05) is 13.1 Å². The molecule has 1 N–H and O–H groups in total. The van der Waals surface area contributed by atoms with E-state index in [0.29, 0.717) is 13.1 Å². The lowest BCUT2D eigenvalue weighted by molar-refractivity contribution is -0.156. The number of carbonyl (C=O) groups is 2. The Kier molecular flexibility index (Phi) is 5.35. The lowest BCUT2D eigenvalue weighted by Crippen LogP contribution is -2.31. The Bertz CT molecular complexity index is 333. The van der Waals surface area contributed by atoms with Crippen LogP contribution in [0.3, 0.4) is 0 Å². The summed E-state index contributed by atoms with van der Waals surface area (Å²) in [6, 6.07) is 0. The second-order valence-electron chi connectivity index (χ2n) is 6.22. The van der Waals surface area contributed by atoms with Crippen LogP contribution in [0, 0.1) is 5.92 Å². The van der Waals surface area contributed by atoms with E-state index in [-0.39, 0.29) is 36.7 Å². The molecule has 2 unspecified atom stereocenters. The zero-order valence-corrected chi connectivity index (χ0v) is 12.3. The van der Waals surface area contributed by atoms with Crippen molar-refractivity contribution in [2.24, 2.45) is 5.92 Å². The van der Waals surface area contributed by atoms with Crippen LogP contribution in [0.25, 0.3) is 0 Å². The first-order valence-electron chi connectivity index (χ1n) is 6.87. The number of ether oxygens (including phenoxy) is 1. The number of hydrogen-bond acceptors (Lipinski definition) is 4. The van der Waals surface area contributed by atoms with Gasteiger partial charge >= 0.3 is 5.97 Å². The Morgan fingerprint density at radius 3 is 2.47 bits per heavy atom. The normalized spacial score (nSPS) is 21.3. The SMILES string of the molecule is CC(O)C1CCN(C(=O)CCC(=O)OC(C)(C)C)C1. The fourth-order valence-electron chi connectivity index (χ4n) is 2.17. The fourth-order valence-corrected chi connectivity index (χ4v) is 2.17. The van der Waals surface area contributed by atoms with E-state index < -0.39 is 5.60 Å². The zero-order chi connectivity index (χ0) is 14.6. The van der Waals surface area contributed by atoms with Crippen molar-refractivity contribution in [2.45, 2.75) is 58.7 Å². The molecular weight excluding hydrogens is 246 g/mol. The van der Waals surface area contributed by atoms with Gasteiger partial charge in [-0.2, -0.15) is 0 Å². The van der Waals surface area contributed by atoms with E-state index in [1.807, 2.05) is 0 Å². The second-order valence-corrected chi connectivity index (χ2v) is 6.22. The third kappa shape index (κ3) is 5.59. The lowest BCUT2D eigenvalue weighted by Gasteiger charge is -2.20. The van der Waals surface area contributed by atoms with Crippen LogP contribution in [0.4, 0.5) is 0 Å². The molecule has 1 fully saturated rings. The van der Waals surface area contributed by atoms with Crippen LogP contribution >= 0.6 is 0 Å². The Labute approximate surface area is 114 Å². The molecule has 0 bridgehead atoms. The third-order valence-electron chi connectivity index (χ3n) is 3.22. The first-order chi connectivity index (χ1) is 8.69. The summed E-state index contributed by atoms with van der Waals surface area (Å²) in [7, 11) is 0. The summed E-state index contributed by atoms with van der Waals surface area (Å²) < 4.78 is 5.16. The third-order valence-corrected chi connectivity index (χ3v) is 3.22. The van der Waals surface area contributed by atoms with E-state index in [0.717, 1.165) is 6.42 Å². The highest BCUT2D eigenvalue weighted by Crippen LogP contribution is 2.20. The maximum Gasteiger partial charge on any atom is 0.306 e. The smallest absolute Gasteiger partial charge is 0.306 e. The summed E-state index contributed by atoms with van der Waals surface area (Å²) in [4.78, 5) is 25.2. The van der Waals surface area contributed by atoms with E-state index in [1.54, 1.807) is 32.6 Å². The molecule has 1 rings (SSSR count). The molecule has 1 aliphatic heterocycles. The van der Waals surface area contributed by atoms with Crippen molar-refractivity contribution in [3.05, 3.63) is 0 Å². The predicted octanol–water partition coefficient (Wildman–Crippen LogP) is 1.34. The van der Waals surface area contributed by atoms with Crippen molar-refractivity contribution in [1.29, 1.82) is 0 Å². The molecule has 0 spiro atoms. The number of amides is 1. The van der Waals surface area contributed by atoms with Gasteiger partial charge < -0.3 is 14.7 Å². The number of esters is 1. The summed E-state index contributed by atoms with van der Waals surface area (Å²) in [5.41, 5.74) is -0.509. The highest BCUT2D eigenvalue weighted by atomic mass is 16.6. The summed E-state index contributed by atoms with van der Waals surface area (Å²) in [6.45, 7) is 8.42. The van der Waals surface area contributed by atoms with Crippen LogP contribution in [0.5, 0.6) is 0 Å². The minimum absolute atomic E-state index is 0.0333. The molecule has 0 aromatic heterocycles. The molecule has 0 aliphatic carbocycles. The minimum atomic E-state index is -0.509. The highest BCUT2D eigenvalue weighted by Gasteiger charge is 2.29. The van der Waals surface area contributed by atoms with Crippen molar-refractivity contribution in [1.82, 2.24) is 4.90 Å². The molecule has 19 heavy (non-hydrogen) atoms. The molecule has 0 aromatic carbocycles. The molecule has 2 atom stereocenters. The van der Waals surface area contributed by atoms with Crippen LogP contribution in [0.1, 0.15) is 47.0 Å². The number of aliphatic hydroxyl groups excluding tert-OH is 1. The summed E-state index contributed by atoms with van der Waals surface area (Å²) >= 11 is 0. The first-order valence-corrected chi connectivity index (χ1v) is 6.87. The maximum atomic E-state index is 11.9. The van der Waals surface area contributed by atoms with Crippen molar-refractivity contribution >= 4 is 11.9 Å². The van der Waals surface area contributed by atoms with Gasteiger partial charge in [0.2, 0.25) is 5.91 Å². The molecule has 5 nitrogen and oxygen atoms in total. The average Bonchev–Trinajstić information content (AvgIpc) is 2.72. The van der Waals surface area contributed by atoms with E-state index in [2.05, 4.69) is 0 Å². The summed E-state index contributed by atoms with van der Waals surface area (Å²) in [5.74, 6) is -0.216. The van der Waals surface area contributed by atoms with Gasteiger partial charge in [0, 0.05) is 25.4 Å². The standard InChI is InChI=1S/C14H25NO4/c1-10(16)11-7-8-15(9-11)12(17)5-6-13(18)19-14(2,3)4/h10-11,16H,5-9H2,1-4H3. The molecule has 0 saturated carbocycles. The van der Waals surface area contributed by atoms with Gasteiger partial charge in [-0.3, -0.25) is 9.59 Å². The van der Waals surface area contributed by atoms with Gasteiger partial charge in [-0.05, 0) is 34.1 Å². The van der Waals surface area contributed by atoms with Crippen molar-refractivity contribution in [3.8, 4) is 0 Å². The summed E-state index contributed by atoms with van der Waals surface area (Å²) in [5, 5.41) is 9.49. The maximum absolute atomic E-state index is 11.9. The molecule has 1 aliphatic rings. The Morgan fingerprint density at radius 2 is 2.00 bits per heavy atom. The van der Waals surface area contributed by atoms with Crippen LogP contribution in [0.2, 0.25) is 0 Å². The monoisotopic (exact) mass is 271 g/mol. The number of likely N-dealkylation sites (tertiary alicyclic amines) is 1. The van der Waals surface area contributed by atoms with E-state index in [9.17, 15) is 14.7 Å². The lowest BCUT2D eigenvalue weighted by atomic mass is 10.0. The number of carbonyl (C=O) groups excluding carboxylic acids is 2. The molecule has 5 heteroatoms. The zero-order valence-electron chi connectivity index (χ0n) is 12.3. The second kappa shape index (κ2) is 6.37. The van der Waals surface area contributed by atoms with Crippen LogP contribution in [0.15, 0.2) is 0 Å². The van der Waals surface area contributed by atoms with E-state index in [1.165, 1.54) is 0 Å². The van der Waals surface area contributed by atoms with E-state index >= 15 is 0 Å². The van der Waals surface area contributed by atoms with Gasteiger partial charge in [-0.1, -0.05) is 0 Å². The molecule has 110 valence electrons.